The van der Waals surface area contributed by atoms with Crippen molar-refractivity contribution in [3.63, 3.8) is 0 Å². The van der Waals surface area contributed by atoms with E-state index in [4.69, 9.17) is 0 Å². The minimum Gasteiger partial charge on any atom is -0.309 e. The molecule has 0 aliphatic heterocycles. The van der Waals surface area contributed by atoms with Gasteiger partial charge in [0.15, 0.2) is 9.84 Å². The molecule has 0 aliphatic rings. The summed E-state index contributed by atoms with van der Waals surface area (Å²) >= 11 is 0. The molecule has 0 radical (unpaired) electrons. The number of sulfone groups is 1. The maximum Gasteiger partial charge on any atom is 0.151 e. The van der Waals surface area contributed by atoms with Crippen molar-refractivity contribution in [1.82, 2.24) is 5.32 Å². The van der Waals surface area contributed by atoms with E-state index in [1.54, 1.807) is 6.92 Å². The molecule has 1 atom stereocenters. The third-order valence-electron chi connectivity index (χ3n) is 3.30. The zero-order valence-corrected chi connectivity index (χ0v) is 13.2. The van der Waals surface area contributed by atoms with E-state index in [1.165, 1.54) is 5.56 Å². The zero-order valence-electron chi connectivity index (χ0n) is 12.4. The number of hydrogen-bond donors (Lipinski definition) is 1. The predicted octanol–water partition coefficient (Wildman–Crippen LogP) is 2.78. The second kappa shape index (κ2) is 7.06. The fourth-order valence-corrected chi connectivity index (χ4v) is 3.21. The molecular formula is C15H25NO2S. The van der Waals surface area contributed by atoms with E-state index in [2.05, 4.69) is 18.3 Å². The van der Waals surface area contributed by atoms with Gasteiger partial charge >= 0.3 is 0 Å². The van der Waals surface area contributed by atoms with E-state index in [9.17, 15) is 8.42 Å². The Kier molecular flexibility index (Phi) is 6.01. The van der Waals surface area contributed by atoms with Gasteiger partial charge in [-0.2, -0.15) is 0 Å². The lowest BCUT2D eigenvalue weighted by atomic mass is 10.00. The predicted molar refractivity (Wildman–Crippen MR) is 81.3 cm³/mol. The summed E-state index contributed by atoms with van der Waals surface area (Å²) in [5, 5.41) is 3.36. The topological polar surface area (TPSA) is 46.2 Å². The second-order valence-corrected chi connectivity index (χ2v) is 7.46. The highest BCUT2D eigenvalue weighted by Crippen LogP contribution is 2.21. The third kappa shape index (κ3) is 4.96. The molecule has 1 aromatic carbocycles. The van der Waals surface area contributed by atoms with Crippen molar-refractivity contribution in [1.29, 1.82) is 0 Å². The first-order valence-electron chi connectivity index (χ1n) is 6.90. The van der Waals surface area contributed by atoms with Crippen molar-refractivity contribution in [3.8, 4) is 0 Å². The van der Waals surface area contributed by atoms with Gasteiger partial charge in [0.1, 0.15) is 0 Å². The highest BCUT2D eigenvalue weighted by molar-refractivity contribution is 7.91. The molecule has 1 rings (SSSR count). The summed E-state index contributed by atoms with van der Waals surface area (Å²) in [7, 11) is -2.99. The van der Waals surface area contributed by atoms with Crippen LogP contribution in [-0.2, 0) is 9.84 Å². The van der Waals surface area contributed by atoms with Crippen LogP contribution in [0.15, 0.2) is 18.2 Å². The Hall–Kier alpha value is -0.870. The first kappa shape index (κ1) is 16.2. The zero-order chi connectivity index (χ0) is 14.5. The van der Waals surface area contributed by atoms with Crippen molar-refractivity contribution < 1.29 is 8.42 Å². The molecule has 1 aromatic rings. The van der Waals surface area contributed by atoms with E-state index in [1.807, 2.05) is 26.0 Å². The van der Waals surface area contributed by atoms with Crippen molar-refractivity contribution >= 4 is 9.84 Å². The van der Waals surface area contributed by atoms with Crippen LogP contribution in [0.1, 0.15) is 43.0 Å². The molecule has 0 aliphatic carbocycles. The highest BCUT2D eigenvalue weighted by Gasteiger charge is 2.20. The fraction of sp³-hybridized carbons (Fsp3) is 0.600. The second-order valence-electron chi connectivity index (χ2n) is 5.07. The minimum atomic E-state index is -2.99. The molecule has 1 N–H and O–H groups in total. The summed E-state index contributed by atoms with van der Waals surface area (Å²) < 4.78 is 23.8. The summed E-state index contributed by atoms with van der Waals surface area (Å²) in [4.78, 5) is 0. The van der Waals surface area contributed by atoms with Gasteiger partial charge in [0.05, 0.1) is 5.75 Å². The number of rotatable bonds is 7. The monoisotopic (exact) mass is 283 g/mol. The lowest BCUT2D eigenvalue weighted by Crippen LogP contribution is -2.30. The Morgan fingerprint density at radius 2 is 1.89 bits per heavy atom. The summed E-state index contributed by atoms with van der Waals surface area (Å²) in [5.41, 5.74) is 3.45. The molecule has 0 amide bonds. The normalized spacial score (nSPS) is 13.5. The van der Waals surface area contributed by atoms with Gasteiger partial charge < -0.3 is 5.32 Å². The Morgan fingerprint density at radius 1 is 1.21 bits per heavy atom. The molecule has 108 valence electrons. The minimum absolute atomic E-state index is 0.106. The van der Waals surface area contributed by atoms with E-state index >= 15 is 0 Å². The number of benzene rings is 1. The third-order valence-corrected chi connectivity index (χ3v) is 5.02. The molecule has 19 heavy (non-hydrogen) atoms. The maximum absolute atomic E-state index is 11.9. The quantitative estimate of drug-likeness (QED) is 0.837. The highest BCUT2D eigenvalue weighted by atomic mass is 32.2. The van der Waals surface area contributed by atoms with Gasteiger partial charge in [-0.05, 0) is 37.9 Å². The molecule has 0 heterocycles. The van der Waals surface area contributed by atoms with Crippen LogP contribution in [0.5, 0.6) is 0 Å². The average Bonchev–Trinajstić information content (AvgIpc) is 2.35. The molecule has 0 fully saturated rings. The Balaban J connectivity index is 3.02. The van der Waals surface area contributed by atoms with Gasteiger partial charge in [-0.15, -0.1) is 0 Å². The van der Waals surface area contributed by atoms with Crippen molar-refractivity contribution in [2.75, 3.05) is 18.1 Å². The number of hydrogen-bond acceptors (Lipinski definition) is 3. The summed E-state index contributed by atoms with van der Waals surface area (Å²) in [6, 6.07) is 6.09. The van der Waals surface area contributed by atoms with Crippen molar-refractivity contribution in [3.05, 3.63) is 34.9 Å². The molecule has 1 unspecified atom stereocenters. The fourth-order valence-electron chi connectivity index (χ4n) is 2.17. The standard InChI is InChI=1S/C15H25NO2S/c1-5-9-16-15(11-19(17,18)6-2)14-8-7-12(3)10-13(14)4/h7-8,10,15-16H,5-6,9,11H2,1-4H3. The molecule has 0 spiro atoms. The van der Waals surface area contributed by atoms with E-state index in [-0.39, 0.29) is 17.5 Å². The SMILES string of the molecule is CCCNC(CS(=O)(=O)CC)c1ccc(C)cc1C. The number of nitrogens with one attached hydrogen (secondary N) is 1. The van der Waals surface area contributed by atoms with Crippen LogP contribution in [0.2, 0.25) is 0 Å². The van der Waals surface area contributed by atoms with Crippen LogP contribution in [0.4, 0.5) is 0 Å². The number of aryl methyl sites for hydroxylation is 2. The Bertz CT molecular complexity index is 509. The van der Waals surface area contributed by atoms with Crippen LogP contribution in [0, 0.1) is 13.8 Å². The van der Waals surface area contributed by atoms with Gasteiger partial charge in [0.25, 0.3) is 0 Å². The molecule has 0 bridgehead atoms. The Morgan fingerprint density at radius 3 is 2.42 bits per heavy atom. The van der Waals surface area contributed by atoms with Crippen LogP contribution < -0.4 is 5.32 Å². The van der Waals surface area contributed by atoms with Gasteiger partial charge in [-0.25, -0.2) is 8.42 Å². The molecule has 0 saturated carbocycles. The van der Waals surface area contributed by atoms with Crippen LogP contribution in [0.25, 0.3) is 0 Å². The van der Waals surface area contributed by atoms with Crippen LogP contribution in [-0.4, -0.2) is 26.5 Å². The van der Waals surface area contributed by atoms with Crippen molar-refractivity contribution in [2.24, 2.45) is 0 Å². The van der Waals surface area contributed by atoms with E-state index < -0.39 is 9.84 Å². The van der Waals surface area contributed by atoms with E-state index in [0.29, 0.717) is 0 Å². The van der Waals surface area contributed by atoms with Crippen LogP contribution in [0.3, 0.4) is 0 Å². The largest absolute Gasteiger partial charge is 0.309 e. The molecule has 4 heteroatoms. The van der Waals surface area contributed by atoms with Crippen LogP contribution >= 0.6 is 0 Å². The van der Waals surface area contributed by atoms with Gasteiger partial charge in [-0.1, -0.05) is 37.6 Å². The molecule has 3 nitrogen and oxygen atoms in total. The molecular weight excluding hydrogens is 258 g/mol. The molecule has 0 aromatic heterocycles. The lowest BCUT2D eigenvalue weighted by Gasteiger charge is -2.21. The first-order chi connectivity index (χ1) is 8.89. The van der Waals surface area contributed by atoms with Gasteiger partial charge in [-0.3, -0.25) is 0 Å². The maximum atomic E-state index is 11.9. The summed E-state index contributed by atoms with van der Waals surface area (Å²) in [6.07, 6.45) is 0.994. The first-order valence-corrected chi connectivity index (χ1v) is 8.72. The summed E-state index contributed by atoms with van der Waals surface area (Å²) in [5.74, 6) is 0.371. The average molecular weight is 283 g/mol. The lowest BCUT2D eigenvalue weighted by molar-refractivity contribution is 0.545. The van der Waals surface area contributed by atoms with Gasteiger partial charge in [0, 0.05) is 11.8 Å². The molecule has 0 saturated heterocycles. The van der Waals surface area contributed by atoms with Gasteiger partial charge in [0.2, 0.25) is 0 Å². The Labute approximate surface area is 117 Å². The smallest absolute Gasteiger partial charge is 0.151 e. The van der Waals surface area contributed by atoms with E-state index in [0.717, 1.165) is 24.1 Å². The summed E-state index contributed by atoms with van der Waals surface area (Å²) in [6.45, 7) is 8.71. The van der Waals surface area contributed by atoms with Crippen molar-refractivity contribution in [2.45, 2.75) is 40.2 Å².